The van der Waals surface area contributed by atoms with Gasteiger partial charge in [-0.05, 0) is 29.8 Å². The first-order valence-electron chi connectivity index (χ1n) is 9.69. The van der Waals surface area contributed by atoms with Gasteiger partial charge >= 0.3 is 0 Å². The van der Waals surface area contributed by atoms with Gasteiger partial charge in [0.05, 0.1) is 5.56 Å². The van der Waals surface area contributed by atoms with Gasteiger partial charge in [-0.15, -0.1) is 0 Å². The zero-order valence-corrected chi connectivity index (χ0v) is 16.4. The van der Waals surface area contributed by atoms with Gasteiger partial charge in [-0.1, -0.05) is 36.9 Å². The summed E-state index contributed by atoms with van der Waals surface area (Å²) in [5.74, 6) is -0.516. The van der Waals surface area contributed by atoms with Gasteiger partial charge in [0, 0.05) is 41.7 Å². The molecule has 3 aromatic rings. The van der Waals surface area contributed by atoms with Gasteiger partial charge in [-0.25, -0.2) is 14.4 Å². The van der Waals surface area contributed by atoms with E-state index in [4.69, 9.17) is 5.73 Å². The second-order valence-corrected chi connectivity index (χ2v) is 7.10. The smallest absolute Gasteiger partial charge is 0.215 e. The quantitative estimate of drug-likeness (QED) is 0.617. The van der Waals surface area contributed by atoms with Gasteiger partial charge in [0.25, 0.3) is 0 Å². The highest BCUT2D eigenvalue weighted by Gasteiger charge is 2.25. The zero-order valence-electron chi connectivity index (χ0n) is 16.4. The van der Waals surface area contributed by atoms with Crippen molar-refractivity contribution in [2.45, 2.75) is 6.04 Å². The molecular formula is C23H28FN5O. The molecule has 0 radical (unpaired) electrons. The Morgan fingerprint density at radius 1 is 1.17 bits per heavy atom. The molecule has 0 aliphatic carbocycles. The molecule has 0 spiro atoms. The normalized spacial score (nSPS) is 16.3. The highest BCUT2D eigenvalue weighted by Crippen LogP contribution is 2.27. The number of nitrogens with two attached hydrogens (primary N) is 1. The van der Waals surface area contributed by atoms with E-state index < -0.39 is 11.6 Å². The lowest BCUT2D eigenvalue weighted by molar-refractivity contribution is 0.103. The SMILES string of the molecule is C=C(F)c1ccc(N2CCNC(c3ccccc3)C2)nc1C(=O)c1cccnc1N.[HH].[HH].[HH]. The van der Waals surface area contributed by atoms with Crippen molar-refractivity contribution in [1.82, 2.24) is 15.3 Å². The van der Waals surface area contributed by atoms with Crippen LogP contribution in [0.4, 0.5) is 16.0 Å². The number of halogens is 1. The summed E-state index contributed by atoms with van der Waals surface area (Å²) in [6.45, 7) is 5.50. The van der Waals surface area contributed by atoms with Gasteiger partial charge in [0.1, 0.15) is 23.2 Å². The lowest BCUT2D eigenvalue weighted by Crippen LogP contribution is -2.46. The Hall–Kier alpha value is -3.58. The van der Waals surface area contributed by atoms with E-state index in [2.05, 4.69) is 38.9 Å². The van der Waals surface area contributed by atoms with Crippen LogP contribution < -0.4 is 16.0 Å². The minimum Gasteiger partial charge on any atom is -0.383 e. The first-order chi connectivity index (χ1) is 14.5. The van der Waals surface area contributed by atoms with Gasteiger partial charge < -0.3 is 16.0 Å². The molecule has 30 heavy (non-hydrogen) atoms. The van der Waals surface area contributed by atoms with E-state index in [0.717, 1.165) is 13.1 Å². The summed E-state index contributed by atoms with van der Waals surface area (Å²) in [7, 11) is 0. The van der Waals surface area contributed by atoms with Crippen LogP contribution >= 0.6 is 0 Å². The average Bonchev–Trinajstić information content (AvgIpc) is 2.79. The van der Waals surface area contributed by atoms with Crippen LogP contribution in [-0.2, 0) is 0 Å². The number of nitrogen functional groups attached to an aromatic ring is 1. The number of aromatic nitrogens is 2. The summed E-state index contributed by atoms with van der Waals surface area (Å²) in [4.78, 5) is 23.7. The number of nitrogens with zero attached hydrogens (tertiary/aromatic N) is 3. The molecule has 1 unspecified atom stereocenters. The molecule has 2 aromatic heterocycles. The summed E-state index contributed by atoms with van der Waals surface area (Å²) < 4.78 is 14.1. The lowest BCUT2D eigenvalue weighted by Gasteiger charge is -2.35. The van der Waals surface area contributed by atoms with E-state index >= 15 is 0 Å². The minimum absolute atomic E-state index is 0. The molecule has 3 N–H and O–H groups in total. The number of hydrogen-bond donors (Lipinski definition) is 2. The Kier molecular flexibility index (Phi) is 5.54. The molecule has 0 saturated carbocycles. The van der Waals surface area contributed by atoms with E-state index in [9.17, 15) is 9.18 Å². The minimum atomic E-state index is -0.720. The Balaban J connectivity index is 0.00000181. The van der Waals surface area contributed by atoms with Crippen LogP contribution in [0.15, 0.2) is 67.4 Å². The molecule has 6 nitrogen and oxygen atoms in total. The standard InChI is InChI=1S/C23H22FN5O.3H2/c1-15(24)17-9-10-20(28-21(17)22(30)18-8-5-11-27-23(18)25)29-13-12-26-19(14-29)16-6-3-2-4-7-16;;;/h2-11,19,26H,1,12-14H2,(H2,25,27);3*1H. The number of benzene rings is 1. The maximum Gasteiger partial charge on any atom is 0.215 e. The summed E-state index contributed by atoms with van der Waals surface area (Å²) in [6.07, 6.45) is 1.50. The van der Waals surface area contributed by atoms with Crippen molar-refractivity contribution in [1.29, 1.82) is 0 Å². The molecule has 1 atom stereocenters. The summed E-state index contributed by atoms with van der Waals surface area (Å²) in [6, 6.07) is 16.7. The topological polar surface area (TPSA) is 84.1 Å². The number of ketones is 1. The van der Waals surface area contributed by atoms with Gasteiger partial charge in [0.2, 0.25) is 5.78 Å². The van der Waals surface area contributed by atoms with Gasteiger partial charge in [-0.2, -0.15) is 0 Å². The second-order valence-electron chi connectivity index (χ2n) is 7.10. The number of piperazine rings is 1. The van der Waals surface area contributed by atoms with Crippen molar-refractivity contribution in [2.75, 3.05) is 30.3 Å². The van der Waals surface area contributed by atoms with E-state index in [1.54, 1.807) is 24.3 Å². The molecule has 4 rings (SSSR count). The first kappa shape index (κ1) is 19.7. The Morgan fingerprint density at radius 2 is 1.97 bits per heavy atom. The Morgan fingerprint density at radius 3 is 2.70 bits per heavy atom. The number of anilines is 2. The van der Waals surface area contributed by atoms with Crippen LogP contribution in [0.3, 0.4) is 0 Å². The highest BCUT2D eigenvalue weighted by atomic mass is 19.1. The maximum atomic E-state index is 14.1. The largest absolute Gasteiger partial charge is 0.383 e. The van der Waals surface area contributed by atoms with E-state index in [0.29, 0.717) is 12.4 Å². The fourth-order valence-corrected chi connectivity index (χ4v) is 3.62. The number of carbonyl (C=O) groups is 1. The number of rotatable bonds is 5. The van der Waals surface area contributed by atoms with E-state index in [1.165, 1.54) is 11.8 Å². The Bertz CT molecular complexity index is 1100. The van der Waals surface area contributed by atoms with Crippen LogP contribution in [0, 0.1) is 0 Å². The molecule has 3 heterocycles. The molecular weight excluding hydrogens is 381 g/mol. The molecule has 1 aliphatic rings. The molecule has 1 fully saturated rings. The molecule has 1 aromatic carbocycles. The first-order valence-corrected chi connectivity index (χ1v) is 9.69. The van der Waals surface area contributed by atoms with Crippen molar-refractivity contribution in [3.05, 3.63) is 89.8 Å². The van der Waals surface area contributed by atoms with Gasteiger partial charge in [0.15, 0.2) is 0 Å². The average molecular weight is 410 g/mol. The molecule has 1 aliphatic heterocycles. The van der Waals surface area contributed by atoms with E-state index in [1.807, 2.05) is 18.2 Å². The summed E-state index contributed by atoms with van der Waals surface area (Å²) in [5, 5.41) is 3.50. The predicted octanol–water partition coefficient (Wildman–Crippen LogP) is 4.12. The lowest BCUT2D eigenvalue weighted by atomic mass is 10.0. The zero-order chi connectivity index (χ0) is 21.1. The monoisotopic (exact) mass is 409 g/mol. The maximum absolute atomic E-state index is 14.1. The van der Waals surface area contributed by atoms with Crippen molar-refractivity contribution in [3.63, 3.8) is 0 Å². The fraction of sp³-hybridized carbons (Fsp3) is 0.174. The summed E-state index contributed by atoms with van der Waals surface area (Å²) in [5.41, 5.74) is 7.26. The predicted molar refractivity (Wildman–Crippen MR) is 122 cm³/mol. The van der Waals surface area contributed by atoms with E-state index in [-0.39, 0.29) is 33.0 Å². The van der Waals surface area contributed by atoms with Gasteiger partial charge in [-0.3, -0.25) is 4.79 Å². The number of pyridine rings is 2. The van der Waals surface area contributed by atoms with Crippen molar-refractivity contribution in [2.24, 2.45) is 0 Å². The number of hydrogen-bond acceptors (Lipinski definition) is 6. The third-order valence-electron chi connectivity index (χ3n) is 5.17. The fourth-order valence-electron chi connectivity index (χ4n) is 3.62. The van der Waals surface area contributed by atoms with Crippen molar-refractivity contribution < 1.29 is 13.5 Å². The van der Waals surface area contributed by atoms with Crippen LogP contribution in [0.5, 0.6) is 0 Å². The Labute approximate surface area is 178 Å². The van der Waals surface area contributed by atoms with Crippen molar-refractivity contribution >= 4 is 23.2 Å². The third-order valence-corrected chi connectivity index (χ3v) is 5.17. The number of nitrogens with one attached hydrogen (secondary N) is 1. The molecule has 1 saturated heterocycles. The molecule has 7 heteroatoms. The second kappa shape index (κ2) is 8.42. The van der Waals surface area contributed by atoms with Crippen molar-refractivity contribution in [3.8, 4) is 0 Å². The van der Waals surface area contributed by atoms with Crippen LogP contribution in [0.2, 0.25) is 0 Å². The highest BCUT2D eigenvalue weighted by molar-refractivity contribution is 6.12. The number of carbonyl (C=O) groups excluding carboxylic acids is 1. The van der Waals surface area contributed by atoms with Crippen LogP contribution in [0.25, 0.3) is 5.83 Å². The molecule has 0 amide bonds. The molecule has 0 bridgehead atoms. The third kappa shape index (κ3) is 3.92. The van der Waals surface area contributed by atoms with Crippen LogP contribution in [-0.4, -0.2) is 35.4 Å². The summed E-state index contributed by atoms with van der Waals surface area (Å²) >= 11 is 0. The van der Waals surface area contributed by atoms with Crippen LogP contribution in [0.1, 0.15) is 37.5 Å². The molecule has 158 valence electrons.